The van der Waals surface area contributed by atoms with Gasteiger partial charge in [0.2, 0.25) is 5.91 Å². The van der Waals surface area contributed by atoms with Gasteiger partial charge in [0.1, 0.15) is 0 Å². The zero-order chi connectivity index (χ0) is 13.5. The molecule has 2 amide bonds. The molecule has 0 aliphatic rings. The van der Waals surface area contributed by atoms with Crippen LogP contribution in [0.2, 0.25) is 0 Å². The van der Waals surface area contributed by atoms with E-state index in [1.165, 1.54) is 0 Å². The summed E-state index contributed by atoms with van der Waals surface area (Å²) in [6, 6.07) is 5.45. The fourth-order valence-electron chi connectivity index (χ4n) is 1.39. The van der Waals surface area contributed by atoms with Crippen molar-refractivity contribution in [2.75, 3.05) is 13.1 Å². The van der Waals surface area contributed by atoms with E-state index in [0.717, 1.165) is 11.1 Å². The maximum absolute atomic E-state index is 11.8. The Bertz CT molecular complexity index is 467. The third kappa shape index (κ3) is 4.05. The van der Waals surface area contributed by atoms with Crippen molar-refractivity contribution in [2.45, 2.75) is 13.8 Å². The van der Waals surface area contributed by atoms with Gasteiger partial charge in [-0.3, -0.25) is 9.59 Å². The van der Waals surface area contributed by atoms with Crippen LogP contribution in [0.4, 0.5) is 0 Å². The van der Waals surface area contributed by atoms with E-state index in [1.807, 2.05) is 26.0 Å². The first-order valence-corrected chi connectivity index (χ1v) is 5.77. The Labute approximate surface area is 107 Å². The highest BCUT2D eigenvalue weighted by Crippen LogP contribution is 2.09. The number of hydrogen-bond donors (Lipinski definition) is 2. The molecule has 0 aliphatic heterocycles. The van der Waals surface area contributed by atoms with Crippen molar-refractivity contribution in [3.05, 3.63) is 47.5 Å². The predicted octanol–water partition coefficient (Wildman–Crippen LogP) is 1.34. The second-order valence-electron chi connectivity index (χ2n) is 4.07. The van der Waals surface area contributed by atoms with Crippen LogP contribution < -0.4 is 10.6 Å². The SMILES string of the molecule is C=CCNC(=O)CNC(=O)c1ccc(C)c(C)c1. The number of carbonyl (C=O) groups excluding carboxylic acids is 2. The van der Waals surface area contributed by atoms with Gasteiger partial charge in [-0.25, -0.2) is 0 Å². The summed E-state index contributed by atoms with van der Waals surface area (Å²) in [5.74, 6) is -0.473. The molecule has 0 saturated heterocycles. The Hall–Kier alpha value is -2.10. The fraction of sp³-hybridized carbons (Fsp3) is 0.286. The molecule has 0 radical (unpaired) electrons. The molecule has 2 N–H and O–H groups in total. The van der Waals surface area contributed by atoms with Crippen molar-refractivity contribution in [1.29, 1.82) is 0 Å². The van der Waals surface area contributed by atoms with Gasteiger partial charge in [0.05, 0.1) is 6.54 Å². The Balaban J connectivity index is 2.52. The Kier molecular flexibility index (Phi) is 5.11. The highest BCUT2D eigenvalue weighted by atomic mass is 16.2. The summed E-state index contributed by atoms with van der Waals surface area (Å²) in [5, 5.41) is 5.16. The third-order valence-electron chi connectivity index (χ3n) is 2.62. The zero-order valence-electron chi connectivity index (χ0n) is 10.7. The van der Waals surface area contributed by atoms with Crippen LogP contribution in [-0.2, 0) is 4.79 Å². The van der Waals surface area contributed by atoms with Crippen LogP contribution in [0, 0.1) is 13.8 Å². The van der Waals surface area contributed by atoms with Crippen LogP contribution in [-0.4, -0.2) is 24.9 Å². The summed E-state index contributed by atoms with van der Waals surface area (Å²) in [7, 11) is 0. The number of rotatable bonds is 5. The van der Waals surface area contributed by atoms with Crippen LogP contribution in [0.3, 0.4) is 0 Å². The van der Waals surface area contributed by atoms with Crippen LogP contribution in [0.15, 0.2) is 30.9 Å². The van der Waals surface area contributed by atoms with Gasteiger partial charge < -0.3 is 10.6 Å². The van der Waals surface area contributed by atoms with Gasteiger partial charge in [0.15, 0.2) is 0 Å². The molecule has 0 bridgehead atoms. The standard InChI is InChI=1S/C14H18N2O2/c1-4-7-15-13(17)9-16-14(18)12-6-5-10(2)11(3)8-12/h4-6,8H,1,7,9H2,2-3H3,(H,15,17)(H,16,18). The Morgan fingerprint density at radius 1 is 1.22 bits per heavy atom. The van der Waals surface area contributed by atoms with Gasteiger partial charge in [0, 0.05) is 12.1 Å². The molecular formula is C14H18N2O2. The van der Waals surface area contributed by atoms with Gasteiger partial charge in [-0.2, -0.15) is 0 Å². The fourth-order valence-corrected chi connectivity index (χ4v) is 1.39. The molecule has 0 heterocycles. The maximum atomic E-state index is 11.8. The second-order valence-corrected chi connectivity index (χ2v) is 4.07. The molecule has 0 aromatic heterocycles. The lowest BCUT2D eigenvalue weighted by molar-refractivity contribution is -0.119. The zero-order valence-corrected chi connectivity index (χ0v) is 10.7. The Morgan fingerprint density at radius 3 is 2.56 bits per heavy atom. The average Bonchev–Trinajstić information content (AvgIpc) is 2.36. The van der Waals surface area contributed by atoms with Crippen LogP contribution in [0.5, 0.6) is 0 Å². The minimum atomic E-state index is -0.244. The lowest BCUT2D eigenvalue weighted by Gasteiger charge is -2.07. The summed E-state index contributed by atoms with van der Waals surface area (Å²) in [5.41, 5.74) is 2.75. The van der Waals surface area contributed by atoms with Crippen LogP contribution >= 0.6 is 0 Å². The first kappa shape index (κ1) is 14.0. The van der Waals surface area contributed by atoms with Gasteiger partial charge in [0.25, 0.3) is 5.91 Å². The second kappa shape index (κ2) is 6.59. The lowest BCUT2D eigenvalue weighted by Crippen LogP contribution is -2.36. The van der Waals surface area contributed by atoms with Gasteiger partial charge in [-0.1, -0.05) is 12.1 Å². The topological polar surface area (TPSA) is 58.2 Å². The van der Waals surface area contributed by atoms with Crippen molar-refractivity contribution in [3.63, 3.8) is 0 Å². The average molecular weight is 246 g/mol. The smallest absolute Gasteiger partial charge is 0.251 e. The number of hydrogen-bond acceptors (Lipinski definition) is 2. The molecule has 4 heteroatoms. The highest BCUT2D eigenvalue weighted by Gasteiger charge is 2.08. The maximum Gasteiger partial charge on any atom is 0.251 e. The summed E-state index contributed by atoms with van der Waals surface area (Å²) in [4.78, 5) is 23.1. The third-order valence-corrected chi connectivity index (χ3v) is 2.62. The van der Waals surface area contributed by atoms with Crippen LogP contribution in [0.25, 0.3) is 0 Å². The number of benzene rings is 1. The van der Waals surface area contributed by atoms with Gasteiger partial charge in [-0.15, -0.1) is 6.58 Å². The molecule has 0 fully saturated rings. The van der Waals surface area contributed by atoms with E-state index in [2.05, 4.69) is 17.2 Å². The van der Waals surface area contributed by atoms with Crippen molar-refractivity contribution in [3.8, 4) is 0 Å². The largest absolute Gasteiger partial charge is 0.351 e. The summed E-state index contributed by atoms with van der Waals surface area (Å²) < 4.78 is 0. The van der Waals surface area contributed by atoms with E-state index in [9.17, 15) is 9.59 Å². The molecule has 0 unspecified atom stereocenters. The summed E-state index contributed by atoms with van der Waals surface area (Å²) >= 11 is 0. The molecule has 96 valence electrons. The summed E-state index contributed by atoms with van der Waals surface area (Å²) in [6.45, 7) is 7.80. The minimum Gasteiger partial charge on any atom is -0.351 e. The number of amides is 2. The van der Waals surface area contributed by atoms with Crippen molar-refractivity contribution < 1.29 is 9.59 Å². The van der Waals surface area contributed by atoms with Crippen molar-refractivity contribution >= 4 is 11.8 Å². The molecule has 0 aliphatic carbocycles. The number of carbonyl (C=O) groups is 2. The molecule has 4 nitrogen and oxygen atoms in total. The van der Waals surface area contributed by atoms with E-state index in [0.29, 0.717) is 12.1 Å². The monoisotopic (exact) mass is 246 g/mol. The van der Waals surface area contributed by atoms with E-state index in [-0.39, 0.29) is 18.4 Å². The minimum absolute atomic E-state index is 0.0282. The first-order valence-electron chi connectivity index (χ1n) is 5.77. The molecular weight excluding hydrogens is 228 g/mol. The molecule has 0 spiro atoms. The van der Waals surface area contributed by atoms with Crippen LogP contribution in [0.1, 0.15) is 21.5 Å². The molecule has 18 heavy (non-hydrogen) atoms. The summed E-state index contributed by atoms with van der Waals surface area (Å²) in [6.07, 6.45) is 1.59. The van der Waals surface area contributed by atoms with Crippen molar-refractivity contribution in [1.82, 2.24) is 10.6 Å². The lowest BCUT2D eigenvalue weighted by atomic mass is 10.1. The predicted molar refractivity (Wildman–Crippen MR) is 71.5 cm³/mol. The normalized spacial score (nSPS) is 9.67. The molecule has 0 saturated carbocycles. The number of aryl methyl sites for hydroxylation is 2. The van der Waals surface area contributed by atoms with E-state index in [1.54, 1.807) is 12.1 Å². The first-order chi connectivity index (χ1) is 8.54. The molecule has 0 atom stereocenters. The molecule has 1 aromatic rings. The molecule has 1 rings (SSSR count). The van der Waals surface area contributed by atoms with E-state index in [4.69, 9.17) is 0 Å². The quantitative estimate of drug-likeness (QED) is 0.770. The Morgan fingerprint density at radius 2 is 1.94 bits per heavy atom. The van der Waals surface area contributed by atoms with E-state index < -0.39 is 0 Å². The van der Waals surface area contributed by atoms with E-state index >= 15 is 0 Å². The number of nitrogens with one attached hydrogen (secondary N) is 2. The molecule has 1 aromatic carbocycles. The van der Waals surface area contributed by atoms with Crippen molar-refractivity contribution in [2.24, 2.45) is 0 Å². The van der Waals surface area contributed by atoms with Gasteiger partial charge in [-0.05, 0) is 37.1 Å². The van der Waals surface area contributed by atoms with Gasteiger partial charge >= 0.3 is 0 Å². The highest BCUT2D eigenvalue weighted by molar-refractivity contribution is 5.96.